The van der Waals surface area contributed by atoms with Crippen molar-refractivity contribution in [1.82, 2.24) is 4.90 Å². The first-order valence-corrected chi connectivity index (χ1v) is 9.41. The molecule has 0 aliphatic rings. The molecule has 0 aliphatic carbocycles. The first-order valence-electron chi connectivity index (χ1n) is 9.41. The van der Waals surface area contributed by atoms with E-state index >= 15 is 0 Å². The van der Waals surface area contributed by atoms with Crippen LogP contribution in [-0.2, 0) is 17.8 Å². The molecule has 0 radical (unpaired) electrons. The summed E-state index contributed by atoms with van der Waals surface area (Å²) in [6.07, 6.45) is 3.98. The second-order valence-electron chi connectivity index (χ2n) is 6.66. The van der Waals surface area contributed by atoms with Crippen LogP contribution in [0.15, 0.2) is 91.0 Å². The lowest BCUT2D eigenvalue weighted by Crippen LogP contribution is -2.31. The topological polar surface area (TPSA) is 63.4 Å². The van der Waals surface area contributed by atoms with E-state index in [2.05, 4.69) is 12.1 Å². The predicted molar refractivity (Wildman–Crippen MR) is 114 cm³/mol. The maximum absolute atomic E-state index is 12.8. The van der Waals surface area contributed by atoms with Crippen LogP contribution < -0.4 is 0 Å². The van der Waals surface area contributed by atoms with Crippen molar-refractivity contribution in [2.45, 2.75) is 13.0 Å². The highest BCUT2D eigenvalue weighted by Crippen LogP contribution is 2.14. The van der Waals surface area contributed by atoms with Crippen molar-refractivity contribution in [3.05, 3.63) is 118 Å². The van der Waals surface area contributed by atoms with Crippen LogP contribution in [0, 0.1) is 10.1 Å². The quantitative estimate of drug-likeness (QED) is 0.315. The minimum absolute atomic E-state index is 0.0297. The van der Waals surface area contributed by atoms with Crippen molar-refractivity contribution >= 4 is 17.7 Å². The molecule has 3 rings (SSSR count). The summed E-state index contributed by atoms with van der Waals surface area (Å²) in [6.45, 7) is 1.12. The fourth-order valence-corrected chi connectivity index (χ4v) is 2.96. The number of benzene rings is 3. The molecule has 0 atom stereocenters. The third kappa shape index (κ3) is 6.14. The Hall–Kier alpha value is -3.73. The molecule has 0 aliphatic heterocycles. The summed E-state index contributed by atoms with van der Waals surface area (Å²) in [5, 5.41) is 10.8. The van der Waals surface area contributed by atoms with E-state index in [9.17, 15) is 14.9 Å². The zero-order valence-corrected chi connectivity index (χ0v) is 16.0. The number of carbonyl (C=O) groups is 1. The number of nitro benzene ring substituents is 1. The molecule has 5 nitrogen and oxygen atoms in total. The van der Waals surface area contributed by atoms with Gasteiger partial charge in [-0.3, -0.25) is 14.9 Å². The second kappa shape index (κ2) is 9.99. The number of non-ortho nitro benzene ring substituents is 1. The Morgan fingerprint density at radius 3 is 2.03 bits per heavy atom. The molecule has 0 bridgehead atoms. The van der Waals surface area contributed by atoms with Crippen molar-refractivity contribution in [1.29, 1.82) is 0 Å². The van der Waals surface area contributed by atoms with Crippen molar-refractivity contribution in [2.24, 2.45) is 0 Å². The standard InChI is InChI=1S/C24H22N2O3/c27-24(16-13-21-11-14-23(15-12-21)26(28)29)25(19-22-9-5-2-6-10-22)18-17-20-7-3-1-4-8-20/h1-16H,17-19H2/b16-13+. The van der Waals surface area contributed by atoms with Crippen LogP contribution in [0.25, 0.3) is 6.08 Å². The number of hydrogen-bond acceptors (Lipinski definition) is 3. The summed E-state index contributed by atoms with van der Waals surface area (Å²) in [5.41, 5.74) is 3.02. The molecule has 3 aromatic carbocycles. The van der Waals surface area contributed by atoms with E-state index in [0.29, 0.717) is 13.1 Å². The Balaban J connectivity index is 1.71. The summed E-state index contributed by atoms with van der Waals surface area (Å²) in [4.78, 5) is 25.0. The van der Waals surface area contributed by atoms with Gasteiger partial charge in [-0.05, 0) is 41.3 Å². The molecule has 146 valence electrons. The summed E-state index contributed by atoms with van der Waals surface area (Å²) < 4.78 is 0. The lowest BCUT2D eigenvalue weighted by atomic mass is 10.1. The fraction of sp³-hybridized carbons (Fsp3) is 0.125. The summed E-state index contributed by atoms with van der Waals surface area (Å²) in [5.74, 6) is -0.0943. The number of rotatable bonds is 8. The van der Waals surface area contributed by atoms with Gasteiger partial charge in [-0.1, -0.05) is 60.7 Å². The third-order valence-electron chi connectivity index (χ3n) is 4.56. The van der Waals surface area contributed by atoms with Gasteiger partial charge in [0.2, 0.25) is 5.91 Å². The molecule has 0 unspecified atom stereocenters. The van der Waals surface area contributed by atoms with Gasteiger partial charge in [0.1, 0.15) is 0 Å². The van der Waals surface area contributed by atoms with E-state index < -0.39 is 4.92 Å². The Morgan fingerprint density at radius 1 is 0.862 bits per heavy atom. The molecule has 0 aromatic heterocycles. The van der Waals surface area contributed by atoms with Crippen molar-refractivity contribution < 1.29 is 9.72 Å². The smallest absolute Gasteiger partial charge is 0.269 e. The first-order chi connectivity index (χ1) is 14.1. The maximum atomic E-state index is 12.8. The van der Waals surface area contributed by atoms with Gasteiger partial charge < -0.3 is 4.90 Å². The van der Waals surface area contributed by atoms with Gasteiger partial charge in [-0.2, -0.15) is 0 Å². The minimum Gasteiger partial charge on any atom is -0.335 e. The van der Waals surface area contributed by atoms with Gasteiger partial charge in [0, 0.05) is 31.3 Å². The van der Waals surface area contributed by atoms with Crippen LogP contribution in [0.1, 0.15) is 16.7 Å². The Kier molecular flexibility index (Phi) is 6.90. The van der Waals surface area contributed by atoms with Gasteiger partial charge >= 0.3 is 0 Å². The molecule has 0 saturated carbocycles. The van der Waals surface area contributed by atoms with E-state index in [1.807, 2.05) is 53.4 Å². The Labute approximate surface area is 170 Å². The summed E-state index contributed by atoms with van der Waals surface area (Å²) in [6, 6.07) is 26.1. The van der Waals surface area contributed by atoms with Gasteiger partial charge in [-0.25, -0.2) is 0 Å². The molecular weight excluding hydrogens is 364 g/mol. The van der Waals surface area contributed by atoms with Crippen LogP contribution in [-0.4, -0.2) is 22.3 Å². The molecule has 0 saturated heterocycles. The van der Waals surface area contributed by atoms with Crippen LogP contribution in [0.3, 0.4) is 0 Å². The Morgan fingerprint density at radius 2 is 1.45 bits per heavy atom. The number of carbonyl (C=O) groups excluding carboxylic acids is 1. The van der Waals surface area contributed by atoms with Crippen LogP contribution in [0.2, 0.25) is 0 Å². The van der Waals surface area contributed by atoms with Crippen molar-refractivity contribution in [2.75, 3.05) is 6.54 Å². The molecule has 0 fully saturated rings. The van der Waals surface area contributed by atoms with Crippen molar-refractivity contribution in [3.8, 4) is 0 Å². The fourth-order valence-electron chi connectivity index (χ4n) is 2.96. The van der Waals surface area contributed by atoms with Crippen molar-refractivity contribution in [3.63, 3.8) is 0 Å². The number of amides is 1. The minimum atomic E-state index is -0.441. The van der Waals surface area contributed by atoms with Gasteiger partial charge in [0.25, 0.3) is 5.69 Å². The lowest BCUT2D eigenvalue weighted by Gasteiger charge is -2.21. The Bertz CT molecular complexity index is 968. The maximum Gasteiger partial charge on any atom is 0.269 e. The van der Waals surface area contributed by atoms with Crippen LogP contribution in [0.4, 0.5) is 5.69 Å². The molecule has 29 heavy (non-hydrogen) atoms. The molecule has 3 aromatic rings. The number of nitro groups is 1. The van der Waals surface area contributed by atoms with E-state index in [-0.39, 0.29) is 11.6 Å². The average molecular weight is 386 g/mol. The van der Waals surface area contributed by atoms with E-state index in [1.54, 1.807) is 18.2 Å². The molecular formula is C24H22N2O3. The average Bonchev–Trinajstić information content (AvgIpc) is 2.76. The molecule has 0 heterocycles. The number of hydrogen-bond donors (Lipinski definition) is 0. The lowest BCUT2D eigenvalue weighted by molar-refractivity contribution is -0.384. The predicted octanol–water partition coefficient (Wildman–Crippen LogP) is 4.88. The highest BCUT2D eigenvalue weighted by molar-refractivity contribution is 5.91. The molecule has 0 spiro atoms. The SMILES string of the molecule is O=C(/C=C/c1ccc([N+](=O)[O-])cc1)N(CCc1ccccc1)Cc1ccccc1. The summed E-state index contributed by atoms with van der Waals surface area (Å²) in [7, 11) is 0. The second-order valence-corrected chi connectivity index (χ2v) is 6.66. The molecule has 0 N–H and O–H groups in total. The normalized spacial score (nSPS) is 10.8. The van der Waals surface area contributed by atoms with E-state index in [0.717, 1.165) is 17.5 Å². The zero-order valence-electron chi connectivity index (χ0n) is 16.0. The largest absolute Gasteiger partial charge is 0.335 e. The van der Waals surface area contributed by atoms with Crippen LogP contribution >= 0.6 is 0 Å². The highest BCUT2D eigenvalue weighted by atomic mass is 16.6. The zero-order chi connectivity index (χ0) is 20.5. The van der Waals surface area contributed by atoms with E-state index in [4.69, 9.17) is 0 Å². The van der Waals surface area contributed by atoms with Crippen LogP contribution in [0.5, 0.6) is 0 Å². The van der Waals surface area contributed by atoms with E-state index in [1.165, 1.54) is 23.8 Å². The molecule has 1 amide bonds. The molecule has 5 heteroatoms. The number of nitrogens with zero attached hydrogens (tertiary/aromatic N) is 2. The monoisotopic (exact) mass is 386 g/mol. The highest BCUT2D eigenvalue weighted by Gasteiger charge is 2.12. The first kappa shape index (κ1) is 20.0. The van der Waals surface area contributed by atoms with Gasteiger partial charge in [-0.15, -0.1) is 0 Å². The van der Waals surface area contributed by atoms with Gasteiger partial charge in [0.05, 0.1) is 4.92 Å². The summed E-state index contributed by atoms with van der Waals surface area (Å²) >= 11 is 0. The third-order valence-corrected chi connectivity index (χ3v) is 4.56. The van der Waals surface area contributed by atoms with Gasteiger partial charge in [0.15, 0.2) is 0 Å².